The quantitative estimate of drug-likeness (QED) is 0.0796. The average Bonchev–Trinajstić information content (AvgIpc) is 2.84. The molecule has 2 rings (SSSR count). The number of carbonyl (C=O) groups excluding carboxylic acids is 1. The van der Waals surface area contributed by atoms with E-state index in [0.717, 1.165) is 43.5 Å². The maximum atomic E-state index is 12.4. The molecule has 35 heavy (non-hydrogen) atoms. The van der Waals surface area contributed by atoms with E-state index in [1.807, 2.05) is 38.1 Å². The molecule has 0 amide bonds. The molecule has 1 unspecified atom stereocenters. The molecule has 0 heterocycles. The van der Waals surface area contributed by atoms with Crippen LogP contribution < -0.4 is 0 Å². The summed E-state index contributed by atoms with van der Waals surface area (Å²) in [6, 6.07) is 14.5. The lowest BCUT2D eigenvalue weighted by Crippen LogP contribution is -2.13. The lowest BCUT2D eigenvalue weighted by atomic mass is 10.2. The highest BCUT2D eigenvalue weighted by Gasteiger charge is 2.17. The van der Waals surface area contributed by atoms with Crippen LogP contribution in [0.4, 0.5) is 11.4 Å². The van der Waals surface area contributed by atoms with E-state index in [9.17, 15) is 13.2 Å². The summed E-state index contributed by atoms with van der Waals surface area (Å²) in [4.78, 5) is 12.8. The second-order valence-electron chi connectivity index (χ2n) is 8.66. The summed E-state index contributed by atoms with van der Waals surface area (Å²) >= 11 is 1.80. The van der Waals surface area contributed by atoms with Crippen molar-refractivity contribution in [2.45, 2.75) is 62.7 Å². The average molecular weight is 517 g/mol. The van der Waals surface area contributed by atoms with Crippen LogP contribution in [-0.4, -0.2) is 32.5 Å². The number of sulfone groups is 1. The van der Waals surface area contributed by atoms with Gasteiger partial charge in [0, 0.05) is 10.5 Å². The van der Waals surface area contributed by atoms with Crippen molar-refractivity contribution >= 4 is 38.9 Å². The van der Waals surface area contributed by atoms with E-state index in [4.69, 9.17) is 4.74 Å². The Bertz CT molecular complexity index is 1080. The molecule has 0 spiro atoms. The third-order valence-corrected chi connectivity index (χ3v) is 8.50. The second-order valence-corrected chi connectivity index (χ2v) is 11.9. The van der Waals surface area contributed by atoms with Crippen LogP contribution in [0.15, 0.2) is 80.7 Å². The molecular formula is C27H36N2O4S2. The zero-order valence-corrected chi connectivity index (χ0v) is 22.5. The Morgan fingerprint density at radius 2 is 1.54 bits per heavy atom. The van der Waals surface area contributed by atoms with E-state index in [0.29, 0.717) is 22.8 Å². The lowest BCUT2D eigenvalue weighted by molar-refractivity contribution is -0.139. The Labute approximate surface area is 214 Å². The van der Waals surface area contributed by atoms with Gasteiger partial charge in [-0.3, -0.25) is 0 Å². The molecule has 0 aromatic heterocycles. The summed E-state index contributed by atoms with van der Waals surface area (Å²) in [6.07, 6.45) is 4.94. The zero-order chi connectivity index (χ0) is 25.7. The highest BCUT2D eigenvalue weighted by Crippen LogP contribution is 2.25. The first-order chi connectivity index (χ1) is 16.7. The molecule has 0 aliphatic heterocycles. The molecule has 6 nitrogen and oxygen atoms in total. The van der Waals surface area contributed by atoms with Gasteiger partial charge in [0.2, 0.25) is 0 Å². The molecule has 0 bridgehead atoms. The minimum atomic E-state index is -3.28. The van der Waals surface area contributed by atoms with Crippen LogP contribution in [0.1, 0.15) is 52.9 Å². The summed E-state index contributed by atoms with van der Waals surface area (Å²) in [5.41, 5.74) is 1.79. The summed E-state index contributed by atoms with van der Waals surface area (Å²) < 4.78 is 30.0. The van der Waals surface area contributed by atoms with Gasteiger partial charge in [-0.05, 0) is 80.0 Å². The van der Waals surface area contributed by atoms with Gasteiger partial charge < -0.3 is 4.74 Å². The Morgan fingerprint density at radius 1 is 0.971 bits per heavy atom. The number of azo groups is 1. The Kier molecular flexibility index (Phi) is 12.2. The van der Waals surface area contributed by atoms with Crippen LogP contribution in [0.25, 0.3) is 0 Å². The number of benzene rings is 2. The van der Waals surface area contributed by atoms with Crippen molar-refractivity contribution in [3.8, 4) is 0 Å². The van der Waals surface area contributed by atoms with Crippen molar-refractivity contribution in [2.24, 2.45) is 16.1 Å². The monoisotopic (exact) mass is 516 g/mol. The van der Waals surface area contributed by atoms with Crippen molar-refractivity contribution in [2.75, 3.05) is 18.1 Å². The van der Waals surface area contributed by atoms with Crippen LogP contribution in [0.5, 0.6) is 0 Å². The molecule has 0 fully saturated rings. The number of hydrogen-bond donors (Lipinski definition) is 0. The molecule has 0 aliphatic rings. The molecule has 0 saturated carbocycles. The molecule has 0 radical (unpaired) electrons. The Hall–Kier alpha value is -2.45. The van der Waals surface area contributed by atoms with Gasteiger partial charge in [-0.2, -0.15) is 10.2 Å². The number of hydrogen-bond acceptors (Lipinski definition) is 7. The number of rotatable bonds is 15. The highest BCUT2D eigenvalue weighted by atomic mass is 32.2. The molecule has 2 aromatic carbocycles. The lowest BCUT2D eigenvalue weighted by Gasteiger charge is -2.09. The fourth-order valence-corrected chi connectivity index (χ4v) is 5.71. The maximum Gasteiger partial charge on any atom is 0.333 e. The fraction of sp³-hybridized carbons (Fsp3) is 0.444. The number of carbonyl (C=O) groups is 1. The van der Waals surface area contributed by atoms with Crippen LogP contribution in [0.3, 0.4) is 0 Å². The van der Waals surface area contributed by atoms with Gasteiger partial charge in [0.25, 0.3) is 0 Å². The van der Waals surface area contributed by atoms with Gasteiger partial charge in [-0.25, -0.2) is 13.2 Å². The smallest absolute Gasteiger partial charge is 0.333 e. The Morgan fingerprint density at radius 3 is 2.11 bits per heavy atom. The van der Waals surface area contributed by atoms with Crippen molar-refractivity contribution in [3.63, 3.8) is 0 Å². The molecule has 8 heteroatoms. The number of esters is 1. The van der Waals surface area contributed by atoms with Gasteiger partial charge in [-0.15, -0.1) is 11.8 Å². The molecule has 0 aliphatic carbocycles. The first-order valence-corrected chi connectivity index (χ1v) is 14.6. The van der Waals surface area contributed by atoms with Gasteiger partial charge in [0.15, 0.2) is 9.84 Å². The van der Waals surface area contributed by atoms with E-state index in [2.05, 4.69) is 16.8 Å². The minimum Gasteiger partial charge on any atom is -0.462 e. The molecule has 190 valence electrons. The molecule has 0 saturated heterocycles. The Balaban J connectivity index is 1.72. The molecule has 2 aromatic rings. The van der Waals surface area contributed by atoms with Gasteiger partial charge in [-0.1, -0.05) is 39.7 Å². The fourth-order valence-electron chi connectivity index (χ4n) is 3.07. The van der Waals surface area contributed by atoms with Crippen molar-refractivity contribution < 1.29 is 17.9 Å². The molecular weight excluding hydrogens is 480 g/mol. The summed E-state index contributed by atoms with van der Waals surface area (Å²) in [7, 11) is -3.28. The first kappa shape index (κ1) is 28.8. The topological polar surface area (TPSA) is 85.2 Å². The van der Waals surface area contributed by atoms with Crippen molar-refractivity contribution in [1.82, 2.24) is 0 Å². The minimum absolute atomic E-state index is 0.130. The first-order valence-electron chi connectivity index (χ1n) is 12.0. The van der Waals surface area contributed by atoms with Crippen LogP contribution in [0.2, 0.25) is 0 Å². The second kappa shape index (κ2) is 14.8. The number of nitrogens with zero attached hydrogens (tertiary/aromatic N) is 2. The molecule has 0 N–H and O–H groups in total. The summed E-state index contributed by atoms with van der Waals surface area (Å²) in [5, 5.41) is 8.48. The maximum absolute atomic E-state index is 12.4. The SMILES string of the molecule is C=C(C)C(=O)OCCCCCCSc1ccc(/N=N/c2ccc(S(=O)(=O)CC(C)CC)cc2)cc1. The van der Waals surface area contributed by atoms with E-state index in [1.54, 1.807) is 43.0 Å². The van der Waals surface area contributed by atoms with E-state index >= 15 is 0 Å². The van der Waals surface area contributed by atoms with E-state index < -0.39 is 9.84 Å². The van der Waals surface area contributed by atoms with Crippen LogP contribution in [-0.2, 0) is 19.4 Å². The van der Waals surface area contributed by atoms with Crippen LogP contribution in [0, 0.1) is 5.92 Å². The van der Waals surface area contributed by atoms with Gasteiger partial charge in [0.05, 0.1) is 28.6 Å². The highest BCUT2D eigenvalue weighted by molar-refractivity contribution is 7.99. The van der Waals surface area contributed by atoms with Crippen LogP contribution >= 0.6 is 11.8 Å². The largest absolute Gasteiger partial charge is 0.462 e. The number of thioether (sulfide) groups is 1. The number of unbranched alkanes of at least 4 members (excludes halogenated alkanes) is 3. The normalized spacial score (nSPS) is 12.5. The third kappa shape index (κ3) is 10.8. The van der Waals surface area contributed by atoms with Crippen molar-refractivity contribution in [3.05, 3.63) is 60.7 Å². The van der Waals surface area contributed by atoms with Gasteiger partial charge in [0.1, 0.15) is 0 Å². The van der Waals surface area contributed by atoms with Gasteiger partial charge >= 0.3 is 5.97 Å². The van der Waals surface area contributed by atoms with E-state index in [-0.39, 0.29) is 17.6 Å². The number of ether oxygens (including phenoxy) is 1. The predicted octanol–water partition coefficient (Wildman–Crippen LogP) is 7.69. The standard InChI is InChI=1S/C27H36N2O4S2/c1-5-22(4)20-35(31,32)26-16-12-24(13-17-26)29-28-23-10-14-25(15-11-23)34-19-9-7-6-8-18-33-27(30)21(2)3/h10-17,22H,2,5-9,18-20H2,1,3-4H3/b29-28+. The predicted molar refractivity (Wildman–Crippen MR) is 144 cm³/mol. The third-order valence-electron chi connectivity index (χ3n) is 5.40. The summed E-state index contributed by atoms with van der Waals surface area (Å²) in [5.74, 6) is 0.996. The van der Waals surface area contributed by atoms with E-state index in [1.165, 1.54) is 4.90 Å². The summed E-state index contributed by atoms with van der Waals surface area (Å²) in [6.45, 7) is 9.61. The molecule has 1 atom stereocenters. The van der Waals surface area contributed by atoms with Crippen molar-refractivity contribution in [1.29, 1.82) is 0 Å². The zero-order valence-electron chi connectivity index (χ0n) is 20.9.